The minimum Gasteiger partial charge on any atom is -0.490 e. The number of para-hydroxylation sites is 2. The van der Waals surface area contributed by atoms with Crippen LogP contribution in [0.5, 0.6) is 11.5 Å². The third-order valence-electron chi connectivity index (χ3n) is 6.08. The Kier molecular flexibility index (Phi) is 8.21. The van der Waals surface area contributed by atoms with Crippen molar-refractivity contribution in [1.82, 2.24) is 4.57 Å². The third kappa shape index (κ3) is 6.31. The van der Waals surface area contributed by atoms with Crippen molar-refractivity contribution in [3.63, 3.8) is 0 Å². The maximum absolute atomic E-state index is 12.9. The molecule has 7 nitrogen and oxygen atoms in total. The molecule has 7 heteroatoms. The number of rotatable bonds is 11. The first-order valence-corrected chi connectivity index (χ1v) is 11.9. The Labute approximate surface area is 205 Å². The molecular weight excluding hydrogens is 446 g/mol. The minimum absolute atomic E-state index is 0.176. The van der Waals surface area contributed by atoms with Crippen molar-refractivity contribution in [3.8, 4) is 11.5 Å². The van der Waals surface area contributed by atoms with Crippen molar-refractivity contribution in [2.24, 2.45) is 0 Å². The number of hydrogen-bond acceptors (Lipinski definition) is 6. The minimum atomic E-state index is -0.605. The summed E-state index contributed by atoms with van der Waals surface area (Å²) in [5, 5.41) is 0. The van der Waals surface area contributed by atoms with Crippen LogP contribution >= 0.6 is 0 Å². The van der Waals surface area contributed by atoms with E-state index in [0.717, 1.165) is 43.1 Å². The van der Waals surface area contributed by atoms with Gasteiger partial charge in [0.1, 0.15) is 30.3 Å². The molecule has 35 heavy (non-hydrogen) atoms. The van der Waals surface area contributed by atoms with E-state index in [9.17, 15) is 9.59 Å². The fourth-order valence-corrected chi connectivity index (χ4v) is 4.23. The number of aromatic nitrogens is 1. The van der Waals surface area contributed by atoms with Gasteiger partial charge in [-0.05, 0) is 57.0 Å². The fourth-order valence-electron chi connectivity index (χ4n) is 4.23. The van der Waals surface area contributed by atoms with Crippen LogP contribution in [0, 0.1) is 13.8 Å². The Morgan fingerprint density at radius 3 is 2.49 bits per heavy atom. The second-order valence-corrected chi connectivity index (χ2v) is 8.54. The molecule has 0 saturated carbocycles. The van der Waals surface area contributed by atoms with Crippen LogP contribution in [0.3, 0.4) is 0 Å². The molecule has 0 spiro atoms. The molecule has 0 amide bonds. The standard InChI is InChI=1S/C28H31NO6/c1-20-17-25(21(2)29(20)18-23-11-8-14-32-23)26(30)19-35-28(31)24-12-6-7-13-27(24)34-16-15-33-22-9-4-3-5-10-22/h3-7,9-10,12-13,17,23H,8,11,14-16,18-19H2,1-2H3. The highest BCUT2D eigenvalue weighted by Gasteiger charge is 2.22. The van der Waals surface area contributed by atoms with E-state index in [4.69, 9.17) is 18.9 Å². The molecule has 3 aromatic rings. The zero-order chi connectivity index (χ0) is 24.6. The Morgan fingerprint density at radius 1 is 0.971 bits per heavy atom. The van der Waals surface area contributed by atoms with Gasteiger partial charge in [-0.15, -0.1) is 0 Å². The van der Waals surface area contributed by atoms with Gasteiger partial charge >= 0.3 is 5.97 Å². The van der Waals surface area contributed by atoms with Crippen molar-refractivity contribution >= 4 is 11.8 Å². The van der Waals surface area contributed by atoms with Crippen LogP contribution in [-0.2, 0) is 16.0 Å². The number of carbonyl (C=O) groups excluding carboxylic acids is 2. The Bertz CT molecular complexity index is 1150. The predicted octanol–water partition coefficient (Wildman–Crippen LogP) is 4.78. The summed E-state index contributed by atoms with van der Waals surface area (Å²) in [5.41, 5.74) is 2.69. The summed E-state index contributed by atoms with van der Waals surface area (Å²) in [6.45, 7) is 5.65. The highest BCUT2D eigenvalue weighted by Crippen LogP contribution is 2.22. The van der Waals surface area contributed by atoms with Gasteiger partial charge in [0.05, 0.1) is 6.10 Å². The zero-order valence-corrected chi connectivity index (χ0v) is 20.2. The lowest BCUT2D eigenvalue weighted by Gasteiger charge is -2.15. The third-order valence-corrected chi connectivity index (χ3v) is 6.08. The van der Waals surface area contributed by atoms with Gasteiger partial charge < -0.3 is 23.5 Å². The quantitative estimate of drug-likeness (QED) is 0.225. The molecule has 0 aliphatic carbocycles. The molecule has 1 atom stereocenters. The van der Waals surface area contributed by atoms with Crippen LogP contribution in [0.15, 0.2) is 60.7 Å². The first-order chi connectivity index (χ1) is 17.0. The van der Waals surface area contributed by atoms with E-state index in [1.54, 1.807) is 24.3 Å². The summed E-state index contributed by atoms with van der Waals surface area (Å²) in [6, 6.07) is 18.1. The van der Waals surface area contributed by atoms with Crippen LogP contribution in [0.1, 0.15) is 44.9 Å². The number of Topliss-reactive ketones (excluding diaryl/α,β-unsaturated/α-hetero) is 1. The number of aryl methyl sites for hydroxylation is 1. The molecule has 0 N–H and O–H groups in total. The second kappa shape index (κ2) is 11.7. The largest absolute Gasteiger partial charge is 0.490 e. The molecule has 1 fully saturated rings. The number of ketones is 1. The van der Waals surface area contributed by atoms with Crippen molar-refractivity contribution in [2.45, 2.75) is 39.3 Å². The van der Waals surface area contributed by atoms with E-state index >= 15 is 0 Å². The number of hydrogen-bond donors (Lipinski definition) is 0. The number of carbonyl (C=O) groups is 2. The van der Waals surface area contributed by atoms with Crippen molar-refractivity contribution in [2.75, 3.05) is 26.4 Å². The number of benzene rings is 2. The lowest BCUT2D eigenvalue weighted by atomic mass is 10.1. The molecule has 1 aliphatic rings. The molecular formula is C28H31NO6. The summed E-state index contributed by atoms with van der Waals surface area (Å²) in [4.78, 5) is 25.6. The van der Waals surface area contributed by atoms with Gasteiger partial charge in [0.15, 0.2) is 6.61 Å². The lowest BCUT2D eigenvalue weighted by molar-refractivity contribution is 0.0469. The molecule has 1 aromatic heterocycles. The van der Waals surface area contributed by atoms with E-state index in [1.165, 1.54) is 0 Å². The van der Waals surface area contributed by atoms with Crippen molar-refractivity contribution in [1.29, 1.82) is 0 Å². The number of ether oxygens (including phenoxy) is 4. The predicted molar refractivity (Wildman–Crippen MR) is 131 cm³/mol. The maximum atomic E-state index is 12.9. The van der Waals surface area contributed by atoms with E-state index in [0.29, 0.717) is 17.9 Å². The van der Waals surface area contributed by atoms with Crippen molar-refractivity contribution < 1.29 is 28.5 Å². The molecule has 2 heterocycles. The van der Waals surface area contributed by atoms with Crippen LogP contribution in [-0.4, -0.2) is 48.9 Å². The molecule has 184 valence electrons. The first kappa shape index (κ1) is 24.5. The van der Waals surface area contributed by atoms with Crippen LogP contribution in [0.4, 0.5) is 0 Å². The molecule has 0 bridgehead atoms. The molecule has 1 saturated heterocycles. The summed E-state index contributed by atoms with van der Waals surface area (Å²) < 4.78 is 24.6. The molecule has 1 aliphatic heterocycles. The summed E-state index contributed by atoms with van der Waals surface area (Å²) in [7, 11) is 0. The topological polar surface area (TPSA) is 76.0 Å². The summed E-state index contributed by atoms with van der Waals surface area (Å²) >= 11 is 0. The second-order valence-electron chi connectivity index (χ2n) is 8.54. The Morgan fingerprint density at radius 2 is 1.71 bits per heavy atom. The van der Waals surface area contributed by atoms with E-state index in [-0.39, 0.29) is 30.7 Å². The van der Waals surface area contributed by atoms with Crippen molar-refractivity contribution in [3.05, 3.63) is 83.2 Å². The van der Waals surface area contributed by atoms with E-state index in [2.05, 4.69) is 4.57 Å². The summed E-state index contributed by atoms with van der Waals surface area (Å²) in [5.74, 6) is 0.291. The van der Waals surface area contributed by atoms with E-state index in [1.807, 2.05) is 50.2 Å². The average molecular weight is 478 g/mol. The highest BCUT2D eigenvalue weighted by molar-refractivity contribution is 6.01. The fraction of sp³-hybridized carbons (Fsp3) is 0.357. The Hall–Kier alpha value is -3.58. The van der Waals surface area contributed by atoms with Gasteiger partial charge in [-0.1, -0.05) is 30.3 Å². The van der Waals surface area contributed by atoms with E-state index < -0.39 is 5.97 Å². The van der Waals surface area contributed by atoms with Gasteiger partial charge in [-0.2, -0.15) is 0 Å². The van der Waals surface area contributed by atoms with Crippen LogP contribution < -0.4 is 9.47 Å². The van der Waals surface area contributed by atoms with Gasteiger partial charge in [-0.3, -0.25) is 4.79 Å². The molecule has 0 radical (unpaired) electrons. The maximum Gasteiger partial charge on any atom is 0.342 e. The smallest absolute Gasteiger partial charge is 0.342 e. The normalized spacial score (nSPS) is 15.1. The average Bonchev–Trinajstić information content (AvgIpc) is 3.50. The lowest BCUT2D eigenvalue weighted by Crippen LogP contribution is -2.18. The number of esters is 1. The van der Waals surface area contributed by atoms with Crippen LogP contribution in [0.2, 0.25) is 0 Å². The zero-order valence-electron chi connectivity index (χ0n) is 20.2. The summed E-state index contributed by atoms with van der Waals surface area (Å²) in [6.07, 6.45) is 2.27. The van der Waals surface area contributed by atoms with Gasteiger partial charge in [0.2, 0.25) is 5.78 Å². The SMILES string of the molecule is Cc1cc(C(=O)COC(=O)c2ccccc2OCCOc2ccccc2)c(C)n1CC1CCCO1. The van der Waals surface area contributed by atoms with Crippen LogP contribution in [0.25, 0.3) is 0 Å². The molecule has 1 unspecified atom stereocenters. The monoisotopic (exact) mass is 477 g/mol. The first-order valence-electron chi connectivity index (χ1n) is 11.9. The number of nitrogens with zero attached hydrogens (tertiary/aromatic N) is 1. The van der Waals surface area contributed by atoms with Gasteiger partial charge in [0.25, 0.3) is 0 Å². The molecule has 4 rings (SSSR count). The molecule has 2 aromatic carbocycles. The highest BCUT2D eigenvalue weighted by atomic mass is 16.5. The van der Waals surface area contributed by atoms with Gasteiger partial charge in [0, 0.05) is 30.1 Å². The van der Waals surface area contributed by atoms with Gasteiger partial charge in [-0.25, -0.2) is 4.79 Å². The Balaban J connectivity index is 1.32.